The van der Waals surface area contributed by atoms with E-state index in [1.807, 2.05) is 18.2 Å². The van der Waals surface area contributed by atoms with E-state index in [0.717, 1.165) is 11.3 Å². The monoisotopic (exact) mass is 444 g/mol. The number of carbonyl (C=O) groups excluding carboxylic acids is 1. The molecule has 1 saturated heterocycles. The first-order chi connectivity index (χ1) is 16.1. The Labute approximate surface area is 190 Å². The molecule has 1 fully saturated rings. The maximum absolute atomic E-state index is 14.4. The second-order valence-corrected chi connectivity index (χ2v) is 8.34. The number of aliphatic hydroxyl groups excluding tert-OH is 1. The van der Waals surface area contributed by atoms with E-state index in [-0.39, 0.29) is 41.9 Å². The Morgan fingerprint density at radius 3 is 2.55 bits per heavy atom. The number of amides is 1. The van der Waals surface area contributed by atoms with Crippen LogP contribution in [-0.4, -0.2) is 35.1 Å². The van der Waals surface area contributed by atoms with Gasteiger partial charge in [0.1, 0.15) is 11.6 Å². The molecule has 0 unspecified atom stereocenters. The van der Waals surface area contributed by atoms with E-state index in [0.29, 0.717) is 24.1 Å². The molecule has 0 bridgehead atoms. The fraction of sp³-hybridized carbons (Fsp3) is 0.222. The topological polar surface area (TPSA) is 52.6 Å². The maximum Gasteiger partial charge on any atom is 0.257 e. The van der Waals surface area contributed by atoms with Gasteiger partial charge < -0.3 is 15.3 Å². The van der Waals surface area contributed by atoms with Gasteiger partial charge in [0.05, 0.1) is 29.8 Å². The van der Waals surface area contributed by atoms with E-state index in [9.17, 15) is 18.7 Å². The van der Waals surface area contributed by atoms with E-state index in [2.05, 4.69) is 17.2 Å². The summed E-state index contributed by atoms with van der Waals surface area (Å²) in [5, 5.41) is 13.3. The summed E-state index contributed by atoms with van der Waals surface area (Å²) in [5.41, 5.74) is 2.70. The van der Waals surface area contributed by atoms with Gasteiger partial charge in [-0.25, -0.2) is 8.78 Å². The minimum atomic E-state index is -0.552. The second kappa shape index (κ2) is 8.68. The molecular formula is C27H22F2N2O2. The van der Waals surface area contributed by atoms with Gasteiger partial charge in [-0.15, -0.1) is 0 Å². The van der Waals surface area contributed by atoms with Gasteiger partial charge >= 0.3 is 0 Å². The summed E-state index contributed by atoms with van der Waals surface area (Å²) in [6.07, 6.45) is 0.688. The fourth-order valence-electron chi connectivity index (χ4n) is 4.86. The zero-order valence-electron chi connectivity index (χ0n) is 17.8. The molecule has 6 heteroatoms. The van der Waals surface area contributed by atoms with Crippen LogP contribution < -0.4 is 5.32 Å². The highest BCUT2D eigenvalue weighted by Gasteiger charge is 2.46. The number of hydrogen-bond acceptors (Lipinski definition) is 3. The quantitative estimate of drug-likeness (QED) is 0.578. The number of nitrogens with zero attached hydrogens (tertiary/aromatic N) is 1. The highest BCUT2D eigenvalue weighted by Crippen LogP contribution is 2.47. The molecule has 2 aliphatic rings. The van der Waals surface area contributed by atoms with Crippen molar-refractivity contribution in [2.24, 2.45) is 5.92 Å². The first-order valence-electron chi connectivity index (χ1n) is 10.9. The molecule has 0 spiro atoms. The number of anilines is 1. The molecule has 3 atom stereocenters. The lowest BCUT2D eigenvalue weighted by Crippen LogP contribution is -2.43. The van der Waals surface area contributed by atoms with Gasteiger partial charge in [-0.3, -0.25) is 4.79 Å². The molecular weight excluding hydrogens is 422 g/mol. The van der Waals surface area contributed by atoms with Crippen LogP contribution in [0.5, 0.6) is 0 Å². The average Bonchev–Trinajstić information content (AvgIpc) is 3.28. The molecule has 1 amide bonds. The number of fused-ring (bicyclic) bond motifs is 3. The Balaban J connectivity index is 1.54. The molecule has 5 rings (SSSR count). The van der Waals surface area contributed by atoms with E-state index in [1.165, 1.54) is 18.2 Å². The number of hydrogen-bond donors (Lipinski definition) is 2. The summed E-state index contributed by atoms with van der Waals surface area (Å²) in [6.45, 7) is 0.391. The smallest absolute Gasteiger partial charge is 0.257 e. The Bertz CT molecular complexity index is 1280. The minimum Gasteiger partial charge on any atom is -0.394 e. The molecule has 2 N–H and O–H groups in total. The summed E-state index contributed by atoms with van der Waals surface area (Å²) < 4.78 is 28.3. The highest BCUT2D eigenvalue weighted by atomic mass is 19.1. The summed E-state index contributed by atoms with van der Waals surface area (Å²) in [6, 6.07) is 17.4. The Kier molecular flexibility index (Phi) is 5.57. The lowest BCUT2D eigenvalue weighted by Gasteiger charge is -2.39. The molecule has 0 saturated carbocycles. The molecule has 3 aromatic carbocycles. The zero-order valence-corrected chi connectivity index (χ0v) is 17.8. The molecule has 0 radical (unpaired) electrons. The minimum absolute atomic E-state index is 0.0204. The number of halogens is 2. The highest BCUT2D eigenvalue weighted by molar-refractivity contribution is 5.95. The lowest BCUT2D eigenvalue weighted by molar-refractivity contribution is 0.0696. The van der Waals surface area contributed by atoms with Gasteiger partial charge in [-0.1, -0.05) is 36.1 Å². The van der Waals surface area contributed by atoms with Crippen LogP contribution in [0, 0.1) is 29.4 Å². The third kappa shape index (κ3) is 3.85. The van der Waals surface area contributed by atoms with Crippen molar-refractivity contribution in [2.75, 3.05) is 18.5 Å². The first-order valence-corrected chi connectivity index (χ1v) is 10.9. The molecule has 2 heterocycles. The fourth-order valence-corrected chi connectivity index (χ4v) is 4.86. The van der Waals surface area contributed by atoms with Crippen molar-refractivity contribution in [1.29, 1.82) is 0 Å². The Hall–Kier alpha value is -3.69. The third-order valence-electron chi connectivity index (χ3n) is 6.45. The van der Waals surface area contributed by atoms with Gasteiger partial charge in [0, 0.05) is 23.7 Å². The van der Waals surface area contributed by atoms with Crippen LogP contribution in [0.3, 0.4) is 0 Å². The van der Waals surface area contributed by atoms with E-state index in [1.54, 1.807) is 35.2 Å². The predicted octanol–water partition coefficient (Wildman–Crippen LogP) is 4.35. The summed E-state index contributed by atoms with van der Waals surface area (Å²) >= 11 is 0. The maximum atomic E-state index is 14.4. The van der Waals surface area contributed by atoms with Crippen molar-refractivity contribution < 1.29 is 18.7 Å². The summed E-state index contributed by atoms with van der Waals surface area (Å²) in [4.78, 5) is 15.0. The van der Waals surface area contributed by atoms with E-state index in [4.69, 9.17) is 0 Å². The number of aliphatic hydroxyl groups is 1. The Morgan fingerprint density at radius 1 is 1.03 bits per heavy atom. The van der Waals surface area contributed by atoms with Crippen molar-refractivity contribution >= 4 is 11.6 Å². The molecule has 2 aliphatic heterocycles. The Morgan fingerprint density at radius 2 is 1.79 bits per heavy atom. The zero-order chi connectivity index (χ0) is 22.9. The number of benzene rings is 3. The van der Waals surface area contributed by atoms with Crippen LogP contribution in [0.15, 0.2) is 66.7 Å². The van der Waals surface area contributed by atoms with Gasteiger partial charge in [0.15, 0.2) is 0 Å². The van der Waals surface area contributed by atoms with Gasteiger partial charge in [-0.2, -0.15) is 0 Å². The van der Waals surface area contributed by atoms with Crippen molar-refractivity contribution in [3.63, 3.8) is 0 Å². The molecule has 166 valence electrons. The third-order valence-corrected chi connectivity index (χ3v) is 6.45. The van der Waals surface area contributed by atoms with Crippen molar-refractivity contribution in [2.45, 2.75) is 18.5 Å². The van der Waals surface area contributed by atoms with Crippen LogP contribution in [0.2, 0.25) is 0 Å². The molecule has 0 aliphatic carbocycles. The number of nitrogens with one attached hydrogen (secondary N) is 1. The number of likely N-dealkylation sites (tertiary alicyclic amines) is 1. The number of rotatable bonds is 2. The van der Waals surface area contributed by atoms with Gasteiger partial charge in [0.2, 0.25) is 0 Å². The lowest BCUT2D eigenvalue weighted by atomic mass is 9.82. The van der Waals surface area contributed by atoms with Crippen LogP contribution in [0.4, 0.5) is 14.5 Å². The van der Waals surface area contributed by atoms with Crippen molar-refractivity contribution in [3.05, 3.63) is 101 Å². The van der Waals surface area contributed by atoms with Crippen LogP contribution in [0.1, 0.15) is 39.5 Å². The van der Waals surface area contributed by atoms with Gasteiger partial charge in [-0.05, 0) is 54.4 Å². The first kappa shape index (κ1) is 21.2. The summed E-state index contributed by atoms with van der Waals surface area (Å²) in [7, 11) is 0. The standard InChI is InChI=1S/C27H22F2N2O2/c28-22-7-3-1-5-18(22)11-9-17-10-12-24-21(15-17)26-20(25(16-32)30-24)13-14-31(26)27(33)19-6-2-4-8-23(19)29/h1-8,10,12,15,20,25-26,30,32H,13-14,16H2/t20-,25-,26-/m0/s1. The van der Waals surface area contributed by atoms with Crippen molar-refractivity contribution in [1.82, 2.24) is 4.90 Å². The van der Waals surface area contributed by atoms with Crippen LogP contribution in [0.25, 0.3) is 0 Å². The molecule has 33 heavy (non-hydrogen) atoms. The SMILES string of the molecule is O=C(c1ccccc1F)N1CC[C@H]2[C@H](CO)Nc3ccc(C#Cc4ccccc4F)cc3[C@H]21. The van der Waals surface area contributed by atoms with Gasteiger partial charge in [0.25, 0.3) is 5.91 Å². The normalized spacial score (nSPS) is 20.8. The van der Waals surface area contributed by atoms with Crippen LogP contribution >= 0.6 is 0 Å². The molecule has 4 nitrogen and oxygen atoms in total. The van der Waals surface area contributed by atoms with Crippen molar-refractivity contribution in [3.8, 4) is 11.8 Å². The molecule has 0 aromatic heterocycles. The van der Waals surface area contributed by atoms with Crippen LogP contribution in [-0.2, 0) is 0 Å². The molecule has 3 aromatic rings. The second-order valence-electron chi connectivity index (χ2n) is 8.34. The summed E-state index contributed by atoms with van der Waals surface area (Å²) in [5.74, 6) is 4.56. The van der Waals surface area contributed by atoms with E-state index >= 15 is 0 Å². The average molecular weight is 444 g/mol. The van der Waals surface area contributed by atoms with E-state index < -0.39 is 5.82 Å². The predicted molar refractivity (Wildman–Crippen MR) is 122 cm³/mol. The number of carbonyl (C=O) groups is 1. The largest absolute Gasteiger partial charge is 0.394 e.